The van der Waals surface area contributed by atoms with Crippen molar-refractivity contribution >= 4 is 5.97 Å². The third-order valence-corrected chi connectivity index (χ3v) is 3.28. The number of benzene rings is 2. The Morgan fingerprint density at radius 3 is 2.43 bits per heavy atom. The smallest absolute Gasteiger partial charge is 0.356 e. The van der Waals surface area contributed by atoms with Gasteiger partial charge in [0.1, 0.15) is 0 Å². The molecule has 0 amide bonds. The molecule has 3 rings (SSSR count). The van der Waals surface area contributed by atoms with E-state index in [9.17, 15) is 4.79 Å². The molecule has 4 nitrogen and oxygen atoms in total. The van der Waals surface area contributed by atoms with Crippen molar-refractivity contribution in [3.63, 3.8) is 0 Å². The number of nitrogens with zero attached hydrogens (tertiary/aromatic N) is 2. The molecule has 21 heavy (non-hydrogen) atoms. The predicted octanol–water partition coefficient (Wildman–Crippen LogP) is 3.16. The summed E-state index contributed by atoms with van der Waals surface area (Å²) in [4.78, 5) is 10.9. The SMILES string of the molecule is O=C(O)c1ccn(-c2ccccc2Cc2ccccc2)n1. The molecule has 0 atom stereocenters. The van der Waals surface area contributed by atoms with E-state index < -0.39 is 5.97 Å². The van der Waals surface area contributed by atoms with Gasteiger partial charge in [-0.3, -0.25) is 0 Å². The Kier molecular flexibility index (Phi) is 3.51. The van der Waals surface area contributed by atoms with E-state index in [1.807, 2.05) is 42.5 Å². The van der Waals surface area contributed by atoms with E-state index in [0.717, 1.165) is 17.7 Å². The van der Waals surface area contributed by atoms with Crippen LogP contribution in [-0.2, 0) is 6.42 Å². The van der Waals surface area contributed by atoms with Crippen molar-refractivity contribution in [3.8, 4) is 5.69 Å². The summed E-state index contributed by atoms with van der Waals surface area (Å²) in [5, 5.41) is 13.1. The summed E-state index contributed by atoms with van der Waals surface area (Å²) in [6.07, 6.45) is 2.45. The van der Waals surface area contributed by atoms with E-state index in [1.165, 1.54) is 11.6 Å². The molecule has 1 heterocycles. The maximum atomic E-state index is 10.9. The number of aromatic nitrogens is 2. The molecule has 0 aliphatic carbocycles. The molecule has 1 aromatic heterocycles. The second-order valence-electron chi connectivity index (χ2n) is 4.74. The molecule has 0 spiro atoms. The molecular formula is C17H14N2O2. The molecule has 1 N–H and O–H groups in total. The summed E-state index contributed by atoms with van der Waals surface area (Å²) in [6.45, 7) is 0. The molecule has 0 fully saturated rings. The van der Waals surface area contributed by atoms with E-state index in [2.05, 4.69) is 17.2 Å². The predicted molar refractivity (Wildman–Crippen MR) is 79.8 cm³/mol. The van der Waals surface area contributed by atoms with Gasteiger partial charge in [-0.15, -0.1) is 0 Å². The fourth-order valence-corrected chi connectivity index (χ4v) is 2.27. The molecule has 0 radical (unpaired) electrons. The molecular weight excluding hydrogens is 264 g/mol. The molecule has 104 valence electrons. The first kappa shape index (κ1) is 13.1. The lowest BCUT2D eigenvalue weighted by Gasteiger charge is -2.09. The van der Waals surface area contributed by atoms with Gasteiger partial charge in [0.2, 0.25) is 0 Å². The first-order valence-electron chi connectivity index (χ1n) is 6.65. The van der Waals surface area contributed by atoms with Gasteiger partial charge in [-0.1, -0.05) is 48.5 Å². The zero-order chi connectivity index (χ0) is 14.7. The van der Waals surface area contributed by atoms with Crippen molar-refractivity contribution in [2.24, 2.45) is 0 Å². The molecule has 3 aromatic rings. The zero-order valence-electron chi connectivity index (χ0n) is 11.3. The van der Waals surface area contributed by atoms with E-state index in [0.29, 0.717) is 0 Å². The molecule has 2 aromatic carbocycles. The van der Waals surface area contributed by atoms with Crippen LogP contribution in [0, 0.1) is 0 Å². The summed E-state index contributed by atoms with van der Waals surface area (Å²) in [6, 6.07) is 19.5. The van der Waals surface area contributed by atoms with Crippen LogP contribution < -0.4 is 0 Å². The van der Waals surface area contributed by atoms with Crippen molar-refractivity contribution in [3.05, 3.63) is 83.7 Å². The van der Waals surface area contributed by atoms with Crippen molar-refractivity contribution < 1.29 is 9.90 Å². The van der Waals surface area contributed by atoms with Gasteiger partial charge in [0.25, 0.3) is 0 Å². The number of carboxylic acid groups (broad SMARTS) is 1. The Balaban J connectivity index is 1.97. The average molecular weight is 278 g/mol. The Hall–Kier alpha value is -2.88. The number of aromatic carboxylic acids is 1. The second kappa shape index (κ2) is 5.63. The van der Waals surface area contributed by atoms with Crippen LogP contribution in [0.25, 0.3) is 5.69 Å². The highest BCUT2D eigenvalue weighted by Gasteiger charge is 2.10. The van der Waals surface area contributed by atoms with Crippen LogP contribution in [0.1, 0.15) is 21.6 Å². The molecule has 0 aliphatic rings. The summed E-state index contributed by atoms with van der Waals surface area (Å²) >= 11 is 0. The van der Waals surface area contributed by atoms with Crippen LogP contribution in [0.4, 0.5) is 0 Å². The van der Waals surface area contributed by atoms with Crippen molar-refractivity contribution in [2.75, 3.05) is 0 Å². The van der Waals surface area contributed by atoms with Gasteiger partial charge in [-0.25, -0.2) is 9.48 Å². The van der Waals surface area contributed by atoms with E-state index in [1.54, 1.807) is 10.9 Å². The number of rotatable bonds is 4. The minimum Gasteiger partial charge on any atom is -0.476 e. The van der Waals surface area contributed by atoms with Crippen LogP contribution >= 0.6 is 0 Å². The summed E-state index contributed by atoms with van der Waals surface area (Å²) in [7, 11) is 0. The monoisotopic (exact) mass is 278 g/mol. The molecule has 0 aliphatic heterocycles. The quantitative estimate of drug-likeness (QED) is 0.797. The van der Waals surface area contributed by atoms with Gasteiger partial charge >= 0.3 is 5.97 Å². The minimum atomic E-state index is -1.02. The number of carboxylic acids is 1. The maximum absolute atomic E-state index is 10.9. The Labute approximate surface area is 122 Å². The highest BCUT2D eigenvalue weighted by atomic mass is 16.4. The topological polar surface area (TPSA) is 55.1 Å². The van der Waals surface area contributed by atoms with Crippen molar-refractivity contribution in [2.45, 2.75) is 6.42 Å². The van der Waals surface area contributed by atoms with Crippen molar-refractivity contribution in [1.29, 1.82) is 0 Å². The number of hydrogen-bond donors (Lipinski definition) is 1. The van der Waals surface area contributed by atoms with E-state index in [4.69, 9.17) is 5.11 Å². The Morgan fingerprint density at radius 1 is 1.00 bits per heavy atom. The van der Waals surface area contributed by atoms with Crippen LogP contribution in [0.5, 0.6) is 0 Å². The maximum Gasteiger partial charge on any atom is 0.356 e. The van der Waals surface area contributed by atoms with Gasteiger partial charge in [-0.05, 0) is 29.7 Å². The van der Waals surface area contributed by atoms with Gasteiger partial charge in [0.15, 0.2) is 5.69 Å². The van der Waals surface area contributed by atoms with Gasteiger partial charge < -0.3 is 5.11 Å². The first-order valence-corrected chi connectivity index (χ1v) is 6.65. The molecule has 0 saturated heterocycles. The van der Waals surface area contributed by atoms with E-state index >= 15 is 0 Å². The van der Waals surface area contributed by atoms with Crippen LogP contribution in [0.2, 0.25) is 0 Å². The lowest BCUT2D eigenvalue weighted by molar-refractivity contribution is 0.0690. The highest BCUT2D eigenvalue weighted by molar-refractivity contribution is 5.85. The normalized spacial score (nSPS) is 10.5. The standard InChI is InChI=1S/C17H14N2O2/c20-17(21)15-10-11-19(18-15)16-9-5-4-8-14(16)12-13-6-2-1-3-7-13/h1-11H,12H2,(H,20,21). The summed E-state index contributed by atoms with van der Waals surface area (Å²) in [5.74, 6) is -1.02. The van der Waals surface area contributed by atoms with Crippen LogP contribution in [-0.4, -0.2) is 20.9 Å². The third kappa shape index (κ3) is 2.84. The number of para-hydroxylation sites is 1. The summed E-state index contributed by atoms with van der Waals surface area (Å²) in [5.41, 5.74) is 3.25. The fraction of sp³-hybridized carbons (Fsp3) is 0.0588. The zero-order valence-corrected chi connectivity index (χ0v) is 11.3. The van der Waals surface area contributed by atoms with Crippen LogP contribution in [0.3, 0.4) is 0 Å². The number of carbonyl (C=O) groups is 1. The van der Waals surface area contributed by atoms with Crippen molar-refractivity contribution in [1.82, 2.24) is 9.78 Å². The lowest BCUT2D eigenvalue weighted by atomic mass is 10.0. The highest BCUT2D eigenvalue weighted by Crippen LogP contribution is 2.18. The van der Waals surface area contributed by atoms with Gasteiger partial charge in [0.05, 0.1) is 5.69 Å². The summed E-state index contributed by atoms with van der Waals surface area (Å²) < 4.78 is 1.61. The van der Waals surface area contributed by atoms with E-state index in [-0.39, 0.29) is 5.69 Å². The molecule has 0 unspecified atom stereocenters. The molecule has 0 bridgehead atoms. The minimum absolute atomic E-state index is 0.0458. The van der Waals surface area contributed by atoms with Crippen LogP contribution in [0.15, 0.2) is 66.9 Å². The fourth-order valence-electron chi connectivity index (χ4n) is 2.27. The molecule has 0 saturated carbocycles. The second-order valence-corrected chi connectivity index (χ2v) is 4.74. The van der Waals surface area contributed by atoms with Gasteiger partial charge in [0, 0.05) is 6.20 Å². The average Bonchev–Trinajstić information content (AvgIpc) is 2.99. The first-order chi connectivity index (χ1) is 10.2. The molecule has 4 heteroatoms. The Bertz CT molecular complexity index is 763. The Morgan fingerprint density at radius 2 is 1.71 bits per heavy atom. The lowest BCUT2D eigenvalue weighted by Crippen LogP contribution is -2.04. The van der Waals surface area contributed by atoms with Gasteiger partial charge in [-0.2, -0.15) is 5.10 Å². The third-order valence-electron chi connectivity index (χ3n) is 3.28. The number of hydrogen-bond acceptors (Lipinski definition) is 2. The largest absolute Gasteiger partial charge is 0.476 e.